The van der Waals surface area contributed by atoms with E-state index < -0.39 is 5.97 Å². The molecule has 0 radical (unpaired) electrons. The first-order valence-electron chi connectivity index (χ1n) is 10.1. The van der Waals surface area contributed by atoms with Gasteiger partial charge in [-0.15, -0.1) is 0 Å². The zero-order valence-electron chi connectivity index (χ0n) is 17.4. The molecule has 0 aromatic heterocycles. The number of benzene rings is 2. The second kappa shape index (κ2) is 6.57. The quantitative estimate of drug-likeness (QED) is 0.671. The molecule has 0 saturated heterocycles. The highest BCUT2D eigenvalue weighted by molar-refractivity contribution is 6.01. The molecule has 2 aromatic carbocycles. The van der Waals surface area contributed by atoms with Gasteiger partial charge in [-0.2, -0.15) is 0 Å². The van der Waals surface area contributed by atoms with Gasteiger partial charge in [0.2, 0.25) is 0 Å². The molecule has 0 saturated carbocycles. The second-order valence-corrected chi connectivity index (χ2v) is 9.53. The lowest BCUT2D eigenvalue weighted by Gasteiger charge is -2.42. The van der Waals surface area contributed by atoms with Gasteiger partial charge >= 0.3 is 5.97 Å². The lowest BCUT2D eigenvalue weighted by atomic mass is 9.63. The van der Waals surface area contributed by atoms with E-state index in [4.69, 9.17) is 0 Å². The zero-order chi connectivity index (χ0) is 21.0. The van der Waals surface area contributed by atoms with Crippen LogP contribution in [0.15, 0.2) is 42.0 Å². The molecule has 0 heterocycles. The standard InChI is InChI=1S/C26H26O3/c1-25(2)11-12-26(3,4)22-14-18(7-10-21(22)25)20-9-6-17-13-16(15-27)5-8-19(17)23(20)24(28)29/h5-10,14H,11-13H2,1-4H3,(H,28,29). The van der Waals surface area contributed by atoms with Gasteiger partial charge in [0.15, 0.2) is 0 Å². The van der Waals surface area contributed by atoms with Gasteiger partial charge < -0.3 is 5.11 Å². The van der Waals surface area contributed by atoms with Crippen LogP contribution in [0, 0.1) is 0 Å². The number of hydrogen-bond acceptors (Lipinski definition) is 2. The Hall–Kier alpha value is -2.90. The first-order valence-corrected chi connectivity index (χ1v) is 10.1. The first-order chi connectivity index (χ1) is 13.6. The van der Waals surface area contributed by atoms with Crippen molar-refractivity contribution in [1.82, 2.24) is 0 Å². The van der Waals surface area contributed by atoms with E-state index in [0.29, 0.717) is 23.1 Å². The van der Waals surface area contributed by atoms with Gasteiger partial charge in [-0.25, -0.2) is 9.59 Å². The maximum Gasteiger partial charge on any atom is 0.336 e. The number of allylic oxidation sites excluding steroid dienone is 2. The van der Waals surface area contributed by atoms with Gasteiger partial charge in [0, 0.05) is 12.0 Å². The minimum Gasteiger partial charge on any atom is -0.478 e. The Kier molecular flexibility index (Phi) is 4.40. The summed E-state index contributed by atoms with van der Waals surface area (Å²) in [4.78, 5) is 23.2. The predicted molar refractivity (Wildman–Crippen MR) is 116 cm³/mol. The largest absolute Gasteiger partial charge is 0.478 e. The molecule has 0 bridgehead atoms. The third-order valence-electron chi connectivity index (χ3n) is 6.68. The molecule has 29 heavy (non-hydrogen) atoms. The maximum atomic E-state index is 12.2. The molecule has 2 aliphatic rings. The molecular formula is C26H26O3. The zero-order valence-corrected chi connectivity index (χ0v) is 17.4. The van der Waals surface area contributed by atoms with Crippen LogP contribution in [0.3, 0.4) is 0 Å². The number of fused-ring (bicyclic) bond motifs is 2. The van der Waals surface area contributed by atoms with Gasteiger partial charge in [0.05, 0.1) is 5.56 Å². The Morgan fingerprint density at radius 3 is 2.31 bits per heavy atom. The molecule has 0 spiro atoms. The van der Waals surface area contributed by atoms with E-state index in [9.17, 15) is 14.7 Å². The van der Waals surface area contributed by atoms with Crippen molar-refractivity contribution in [3.05, 3.63) is 69.8 Å². The van der Waals surface area contributed by atoms with Crippen molar-refractivity contribution in [1.29, 1.82) is 0 Å². The Bertz CT molecular complexity index is 1110. The van der Waals surface area contributed by atoms with Crippen LogP contribution in [-0.2, 0) is 22.0 Å². The molecule has 3 nitrogen and oxygen atoms in total. The number of rotatable bonds is 2. The molecule has 0 aliphatic heterocycles. The number of carboxylic acid groups (broad SMARTS) is 1. The molecule has 3 heteroatoms. The number of aromatic carboxylic acids is 1. The summed E-state index contributed by atoms with van der Waals surface area (Å²) in [5.74, 6) is 0.976. The van der Waals surface area contributed by atoms with Gasteiger partial charge in [-0.05, 0) is 63.1 Å². The van der Waals surface area contributed by atoms with Crippen molar-refractivity contribution >= 4 is 18.0 Å². The van der Waals surface area contributed by atoms with Crippen LogP contribution >= 0.6 is 0 Å². The van der Waals surface area contributed by atoms with Crippen molar-refractivity contribution in [3.8, 4) is 11.1 Å². The minimum atomic E-state index is -0.947. The topological polar surface area (TPSA) is 54.4 Å². The molecule has 0 unspecified atom stereocenters. The van der Waals surface area contributed by atoms with Gasteiger partial charge in [0.1, 0.15) is 5.94 Å². The van der Waals surface area contributed by atoms with E-state index in [1.54, 1.807) is 12.2 Å². The number of carboxylic acids is 1. The SMILES string of the molecule is CC1(C)CCC(C)(C)c2cc(-c3ccc4c(c3C(=O)O)C=CC(=C=O)C4)ccc21. The third-order valence-corrected chi connectivity index (χ3v) is 6.68. The summed E-state index contributed by atoms with van der Waals surface area (Å²) in [6, 6.07) is 10.2. The third kappa shape index (κ3) is 3.16. The first kappa shape index (κ1) is 19.4. The molecule has 148 valence electrons. The maximum absolute atomic E-state index is 12.2. The van der Waals surface area contributed by atoms with Crippen molar-refractivity contribution in [2.45, 2.75) is 57.8 Å². The lowest BCUT2D eigenvalue weighted by molar-refractivity contribution is 0.0697. The molecule has 2 aromatic rings. The Labute approximate surface area is 171 Å². The summed E-state index contributed by atoms with van der Waals surface area (Å²) in [6.07, 6.45) is 6.07. The van der Waals surface area contributed by atoms with Crippen LogP contribution in [0.2, 0.25) is 0 Å². The lowest BCUT2D eigenvalue weighted by Crippen LogP contribution is -2.33. The highest BCUT2D eigenvalue weighted by atomic mass is 16.4. The normalized spacial score (nSPS) is 18.6. The fourth-order valence-corrected chi connectivity index (χ4v) is 4.75. The monoisotopic (exact) mass is 386 g/mol. The summed E-state index contributed by atoms with van der Waals surface area (Å²) >= 11 is 0. The summed E-state index contributed by atoms with van der Waals surface area (Å²) < 4.78 is 0. The molecule has 1 N–H and O–H groups in total. The van der Waals surface area contributed by atoms with Gasteiger partial charge in [0.25, 0.3) is 0 Å². The summed E-state index contributed by atoms with van der Waals surface area (Å²) in [7, 11) is 0. The smallest absolute Gasteiger partial charge is 0.336 e. The predicted octanol–water partition coefficient (Wildman–Crippen LogP) is 5.73. The van der Waals surface area contributed by atoms with E-state index in [-0.39, 0.29) is 10.8 Å². The summed E-state index contributed by atoms with van der Waals surface area (Å²) in [5, 5.41) is 10.0. The van der Waals surface area contributed by atoms with Crippen molar-refractivity contribution in [3.63, 3.8) is 0 Å². The molecule has 4 rings (SSSR count). The van der Waals surface area contributed by atoms with E-state index in [0.717, 1.165) is 29.5 Å². The molecule has 0 fully saturated rings. The van der Waals surface area contributed by atoms with E-state index in [1.165, 1.54) is 11.1 Å². The molecule has 0 amide bonds. The van der Waals surface area contributed by atoms with Crippen LogP contribution in [0.25, 0.3) is 17.2 Å². The minimum absolute atomic E-state index is 0.0576. The Morgan fingerprint density at radius 2 is 1.66 bits per heavy atom. The Morgan fingerprint density at radius 1 is 0.966 bits per heavy atom. The van der Waals surface area contributed by atoms with Crippen molar-refractivity contribution in [2.75, 3.05) is 0 Å². The van der Waals surface area contributed by atoms with E-state index in [2.05, 4.69) is 45.9 Å². The summed E-state index contributed by atoms with van der Waals surface area (Å²) in [5.41, 5.74) is 6.88. The average Bonchev–Trinajstić information content (AvgIpc) is 2.69. The van der Waals surface area contributed by atoms with Crippen LogP contribution in [-0.4, -0.2) is 17.0 Å². The number of hydrogen-bond donors (Lipinski definition) is 1. The van der Waals surface area contributed by atoms with Crippen LogP contribution < -0.4 is 0 Å². The van der Waals surface area contributed by atoms with E-state index in [1.807, 2.05) is 18.1 Å². The molecule has 0 atom stereocenters. The van der Waals surface area contributed by atoms with Crippen LogP contribution in [0.4, 0.5) is 0 Å². The van der Waals surface area contributed by atoms with Gasteiger partial charge in [-0.1, -0.05) is 64.1 Å². The fraction of sp³-hybridized carbons (Fsp3) is 0.346. The highest BCUT2D eigenvalue weighted by Crippen LogP contribution is 2.47. The van der Waals surface area contributed by atoms with Crippen LogP contribution in [0.1, 0.15) is 73.1 Å². The number of carbonyl (C=O) groups is 1. The van der Waals surface area contributed by atoms with Gasteiger partial charge in [-0.3, -0.25) is 0 Å². The van der Waals surface area contributed by atoms with E-state index >= 15 is 0 Å². The molecule has 2 aliphatic carbocycles. The van der Waals surface area contributed by atoms with Crippen LogP contribution in [0.5, 0.6) is 0 Å². The highest BCUT2D eigenvalue weighted by Gasteiger charge is 2.37. The van der Waals surface area contributed by atoms with Crippen molar-refractivity contribution in [2.24, 2.45) is 0 Å². The average molecular weight is 386 g/mol. The van der Waals surface area contributed by atoms with Crippen molar-refractivity contribution < 1.29 is 14.7 Å². The molecular weight excluding hydrogens is 360 g/mol. The number of carbonyl (C=O) groups excluding carboxylic acids is 1. The fourth-order valence-electron chi connectivity index (χ4n) is 4.75. The Balaban J connectivity index is 1.93. The second-order valence-electron chi connectivity index (χ2n) is 9.53. The summed E-state index contributed by atoms with van der Waals surface area (Å²) in [6.45, 7) is 9.11.